The summed E-state index contributed by atoms with van der Waals surface area (Å²) in [7, 11) is 3.33. The van der Waals surface area contributed by atoms with E-state index in [0.29, 0.717) is 11.8 Å². The van der Waals surface area contributed by atoms with Gasteiger partial charge in [-0.25, -0.2) is 9.99 Å². The third-order valence-corrected chi connectivity index (χ3v) is 8.60. The fourth-order valence-corrected chi connectivity index (χ4v) is 6.47. The lowest BCUT2D eigenvalue weighted by Crippen LogP contribution is -2.32. The molecule has 216 valence electrons. The zero-order chi connectivity index (χ0) is 29.1. The number of aromatic nitrogens is 2. The van der Waals surface area contributed by atoms with Gasteiger partial charge in [0.25, 0.3) is 5.91 Å². The Morgan fingerprint density at radius 3 is 2.45 bits per heavy atom. The Hall–Kier alpha value is -4.24. The molecule has 4 aromatic rings. The van der Waals surface area contributed by atoms with E-state index in [2.05, 4.69) is 28.2 Å². The van der Waals surface area contributed by atoms with Crippen molar-refractivity contribution < 1.29 is 19.0 Å². The summed E-state index contributed by atoms with van der Waals surface area (Å²) in [5.41, 5.74) is 6.05. The molecule has 6 rings (SSSR count). The summed E-state index contributed by atoms with van der Waals surface area (Å²) in [5, 5.41) is 7.42. The van der Waals surface area contributed by atoms with Crippen molar-refractivity contribution in [3.63, 3.8) is 0 Å². The highest BCUT2D eigenvalue weighted by atomic mass is 32.2. The number of H-pyrrole nitrogens is 1. The number of amides is 1. The predicted octanol–water partition coefficient (Wildman–Crippen LogP) is 6.89. The van der Waals surface area contributed by atoms with Crippen molar-refractivity contribution in [3.05, 3.63) is 83.4 Å². The number of ether oxygens (including phenoxy) is 3. The highest BCUT2D eigenvalue weighted by Gasteiger charge is 2.43. The number of nitrogens with zero attached hydrogens (tertiary/aromatic N) is 3. The van der Waals surface area contributed by atoms with Gasteiger partial charge in [-0.1, -0.05) is 36.0 Å². The quantitative estimate of drug-likeness (QED) is 0.216. The van der Waals surface area contributed by atoms with Gasteiger partial charge in [0.05, 0.1) is 49.4 Å². The van der Waals surface area contributed by atoms with Crippen molar-refractivity contribution in [2.75, 3.05) is 26.6 Å². The van der Waals surface area contributed by atoms with Crippen molar-refractivity contribution in [3.8, 4) is 17.2 Å². The molecule has 0 saturated heterocycles. The van der Waals surface area contributed by atoms with Crippen LogP contribution in [-0.4, -0.2) is 53.2 Å². The molecule has 1 fully saturated rings. The Kier molecular flexibility index (Phi) is 8.19. The van der Waals surface area contributed by atoms with Crippen LogP contribution in [0.25, 0.3) is 17.1 Å². The molecule has 1 amide bonds. The number of hydrogen-bond donors (Lipinski definition) is 1. The van der Waals surface area contributed by atoms with Gasteiger partial charge in [0.15, 0.2) is 5.16 Å². The monoisotopic (exact) mass is 582 g/mol. The van der Waals surface area contributed by atoms with E-state index in [-0.39, 0.29) is 23.6 Å². The first-order chi connectivity index (χ1) is 20.6. The van der Waals surface area contributed by atoms with Crippen LogP contribution in [0.5, 0.6) is 17.2 Å². The number of carbonyl (C=O) groups excluding carboxylic acids is 1. The molecule has 0 spiro atoms. The molecule has 1 saturated carbocycles. The lowest BCUT2D eigenvalue weighted by atomic mass is 9.77. The molecule has 1 N–H and O–H groups in total. The average Bonchev–Trinajstić information content (AvgIpc) is 3.62. The van der Waals surface area contributed by atoms with Crippen LogP contribution < -0.4 is 14.2 Å². The van der Waals surface area contributed by atoms with E-state index in [1.165, 1.54) is 17.3 Å². The molecule has 2 unspecified atom stereocenters. The van der Waals surface area contributed by atoms with E-state index in [0.717, 1.165) is 64.4 Å². The molecule has 8 nitrogen and oxygen atoms in total. The normalized spacial score (nSPS) is 19.1. The van der Waals surface area contributed by atoms with E-state index in [1.807, 2.05) is 61.5 Å². The second kappa shape index (κ2) is 12.3. The zero-order valence-electron chi connectivity index (χ0n) is 24.0. The maximum atomic E-state index is 13.8. The number of aromatic amines is 1. The number of allylic oxidation sites excluding steroid dienone is 1. The van der Waals surface area contributed by atoms with Gasteiger partial charge in [-0.15, -0.1) is 0 Å². The lowest BCUT2D eigenvalue weighted by molar-refractivity contribution is -0.130. The first kappa shape index (κ1) is 27.9. The van der Waals surface area contributed by atoms with Crippen molar-refractivity contribution in [2.24, 2.45) is 11.0 Å². The van der Waals surface area contributed by atoms with E-state index in [1.54, 1.807) is 19.2 Å². The van der Waals surface area contributed by atoms with Gasteiger partial charge in [0.1, 0.15) is 17.2 Å². The van der Waals surface area contributed by atoms with E-state index in [4.69, 9.17) is 19.3 Å². The topological polar surface area (TPSA) is 89.0 Å². The Bertz CT molecular complexity index is 1630. The number of thioether (sulfide) groups is 1. The number of methoxy groups -OCH3 is 2. The Balaban J connectivity index is 1.27. The number of rotatable bonds is 9. The van der Waals surface area contributed by atoms with Crippen molar-refractivity contribution in [1.82, 2.24) is 15.0 Å². The molecule has 3 aromatic carbocycles. The highest BCUT2D eigenvalue weighted by molar-refractivity contribution is 7.99. The average molecular weight is 583 g/mol. The minimum absolute atomic E-state index is 0.0537. The summed E-state index contributed by atoms with van der Waals surface area (Å²) in [4.78, 5) is 21.8. The fraction of sp³-hybridized carbons (Fsp3) is 0.303. The van der Waals surface area contributed by atoms with Crippen LogP contribution in [0, 0.1) is 5.92 Å². The molecule has 2 heterocycles. The van der Waals surface area contributed by atoms with Crippen LogP contribution in [0.2, 0.25) is 0 Å². The number of hydrogen-bond acceptors (Lipinski definition) is 7. The molecule has 9 heteroatoms. The molecule has 1 aliphatic heterocycles. The van der Waals surface area contributed by atoms with Crippen molar-refractivity contribution in [2.45, 2.75) is 37.4 Å². The molecular weight excluding hydrogens is 548 g/mol. The van der Waals surface area contributed by atoms with Gasteiger partial charge in [-0.05, 0) is 85.4 Å². The van der Waals surface area contributed by atoms with Crippen LogP contribution in [0.4, 0.5) is 0 Å². The van der Waals surface area contributed by atoms with Crippen LogP contribution in [0.15, 0.2) is 82.6 Å². The highest BCUT2D eigenvalue weighted by Crippen LogP contribution is 2.45. The summed E-state index contributed by atoms with van der Waals surface area (Å²) >= 11 is 1.39. The van der Waals surface area contributed by atoms with Crippen molar-refractivity contribution >= 4 is 40.5 Å². The zero-order valence-corrected chi connectivity index (χ0v) is 24.8. The third-order valence-electron chi connectivity index (χ3n) is 7.75. The van der Waals surface area contributed by atoms with Crippen LogP contribution in [0.1, 0.15) is 43.4 Å². The van der Waals surface area contributed by atoms with Gasteiger partial charge in [0, 0.05) is 12.0 Å². The molecule has 42 heavy (non-hydrogen) atoms. The maximum absolute atomic E-state index is 13.8. The molecule has 0 bridgehead atoms. The summed E-state index contributed by atoms with van der Waals surface area (Å²) in [6.07, 6.45) is 5.13. The Morgan fingerprint density at radius 2 is 1.74 bits per heavy atom. The molecule has 2 atom stereocenters. The molecule has 2 aliphatic rings. The first-order valence-corrected chi connectivity index (χ1v) is 15.2. The SMILES string of the molecule is CCOc1ccc2nc(SCC(=O)N3N=C4C(=Cc5ccc(OC)cc5)CCCC4C3c3ccc(OC)cc3)[nH]c2c1. The lowest BCUT2D eigenvalue weighted by Gasteiger charge is -2.29. The summed E-state index contributed by atoms with van der Waals surface area (Å²) in [5.74, 6) is 2.68. The third kappa shape index (κ3) is 5.74. The largest absolute Gasteiger partial charge is 0.497 e. The summed E-state index contributed by atoms with van der Waals surface area (Å²) in [6.45, 7) is 2.56. The molecule has 1 aromatic heterocycles. The van der Waals surface area contributed by atoms with E-state index >= 15 is 0 Å². The van der Waals surface area contributed by atoms with E-state index < -0.39 is 0 Å². The molecular formula is C33H34N4O4S. The van der Waals surface area contributed by atoms with Gasteiger partial charge >= 0.3 is 0 Å². The first-order valence-electron chi connectivity index (χ1n) is 14.2. The van der Waals surface area contributed by atoms with Gasteiger partial charge < -0.3 is 19.2 Å². The second-order valence-corrected chi connectivity index (χ2v) is 11.3. The minimum Gasteiger partial charge on any atom is -0.497 e. The fourth-order valence-electron chi connectivity index (χ4n) is 5.73. The van der Waals surface area contributed by atoms with Gasteiger partial charge in [-0.3, -0.25) is 4.79 Å². The Labute approximate surface area is 249 Å². The standard InChI is InChI=1S/C33H34N4O4S/c1-4-41-26-16-17-28-29(19-26)35-33(34-28)42-20-30(38)37-32(22-10-14-25(40-3)15-11-22)27-7-5-6-23(31(27)36-37)18-21-8-12-24(39-2)13-9-21/h8-19,27,32H,4-7,20H2,1-3H3,(H,34,35). The summed E-state index contributed by atoms with van der Waals surface area (Å²) in [6, 6.07) is 21.6. The summed E-state index contributed by atoms with van der Waals surface area (Å²) < 4.78 is 16.3. The maximum Gasteiger partial charge on any atom is 0.253 e. The molecule has 1 aliphatic carbocycles. The second-order valence-electron chi connectivity index (χ2n) is 10.3. The molecule has 0 radical (unpaired) electrons. The smallest absolute Gasteiger partial charge is 0.253 e. The van der Waals surface area contributed by atoms with Crippen LogP contribution in [0.3, 0.4) is 0 Å². The number of hydrazone groups is 1. The van der Waals surface area contributed by atoms with Gasteiger partial charge in [0.2, 0.25) is 0 Å². The number of imidazole rings is 1. The number of carbonyl (C=O) groups is 1. The van der Waals surface area contributed by atoms with Crippen molar-refractivity contribution in [1.29, 1.82) is 0 Å². The number of nitrogens with one attached hydrogen (secondary N) is 1. The van der Waals surface area contributed by atoms with E-state index in [9.17, 15) is 4.79 Å². The Morgan fingerprint density at radius 1 is 1.02 bits per heavy atom. The van der Waals surface area contributed by atoms with Crippen LogP contribution in [-0.2, 0) is 4.79 Å². The van der Waals surface area contributed by atoms with Crippen LogP contribution >= 0.6 is 11.8 Å². The predicted molar refractivity (Wildman–Crippen MR) is 166 cm³/mol. The number of benzene rings is 3. The van der Waals surface area contributed by atoms with Gasteiger partial charge in [-0.2, -0.15) is 5.10 Å². The number of fused-ring (bicyclic) bond motifs is 2. The minimum atomic E-state index is -0.178.